The Kier molecular flexibility index (Phi) is 6.01. The lowest BCUT2D eigenvalue weighted by atomic mass is 10.1. The van der Waals surface area contributed by atoms with Gasteiger partial charge in [0.05, 0.1) is 16.7 Å². The van der Waals surface area contributed by atoms with Crippen LogP contribution in [0.2, 0.25) is 0 Å². The van der Waals surface area contributed by atoms with Gasteiger partial charge in [-0.3, -0.25) is 14.9 Å². The molecule has 0 aliphatic heterocycles. The van der Waals surface area contributed by atoms with Crippen LogP contribution < -0.4 is 5.43 Å². The van der Waals surface area contributed by atoms with E-state index in [4.69, 9.17) is 4.42 Å². The number of nitrogens with one attached hydrogen (secondary N) is 1. The SMILES string of the molecule is O=C(N/N=C/c1ccc(-c2ccc([N+](=O)[O-])cc2Br)o1)c1cccc(C(F)(F)F)c1. The Labute approximate surface area is 175 Å². The molecular weight excluding hydrogens is 471 g/mol. The van der Waals surface area contributed by atoms with Crippen molar-refractivity contribution < 1.29 is 27.3 Å². The first-order chi connectivity index (χ1) is 14.1. The maximum Gasteiger partial charge on any atom is 0.416 e. The molecule has 30 heavy (non-hydrogen) atoms. The molecule has 1 amide bonds. The maximum atomic E-state index is 12.7. The third kappa shape index (κ3) is 4.92. The van der Waals surface area contributed by atoms with E-state index in [-0.39, 0.29) is 17.0 Å². The molecule has 0 unspecified atom stereocenters. The summed E-state index contributed by atoms with van der Waals surface area (Å²) in [6, 6.07) is 11.3. The van der Waals surface area contributed by atoms with Crippen LogP contribution in [0, 0.1) is 10.1 Å². The Hall–Kier alpha value is -3.47. The molecule has 0 fully saturated rings. The molecule has 0 radical (unpaired) electrons. The number of nitro benzene ring substituents is 1. The van der Waals surface area contributed by atoms with Gasteiger partial charge in [-0.25, -0.2) is 5.43 Å². The predicted molar refractivity (Wildman–Crippen MR) is 105 cm³/mol. The fourth-order valence-corrected chi connectivity index (χ4v) is 3.00. The molecule has 7 nitrogen and oxygen atoms in total. The highest BCUT2D eigenvalue weighted by Gasteiger charge is 2.30. The molecule has 0 aliphatic carbocycles. The van der Waals surface area contributed by atoms with Gasteiger partial charge < -0.3 is 4.42 Å². The van der Waals surface area contributed by atoms with Crippen LogP contribution in [0.1, 0.15) is 21.7 Å². The zero-order chi connectivity index (χ0) is 21.9. The van der Waals surface area contributed by atoms with E-state index in [1.165, 1.54) is 30.5 Å². The lowest BCUT2D eigenvalue weighted by Crippen LogP contribution is -2.18. The van der Waals surface area contributed by atoms with E-state index in [1.54, 1.807) is 12.1 Å². The van der Waals surface area contributed by atoms with Gasteiger partial charge in [-0.1, -0.05) is 6.07 Å². The van der Waals surface area contributed by atoms with Crippen LogP contribution >= 0.6 is 15.9 Å². The second kappa shape index (κ2) is 8.49. The van der Waals surface area contributed by atoms with Crippen LogP contribution in [0.5, 0.6) is 0 Å². The quantitative estimate of drug-likeness (QED) is 0.299. The Morgan fingerprint density at radius 1 is 1.17 bits per heavy atom. The Bertz CT molecular complexity index is 1140. The molecule has 1 N–H and O–H groups in total. The number of non-ortho nitro benzene ring substituents is 1. The van der Waals surface area contributed by atoms with Crippen molar-refractivity contribution in [3.8, 4) is 11.3 Å². The first-order valence-corrected chi connectivity index (χ1v) is 8.99. The van der Waals surface area contributed by atoms with E-state index >= 15 is 0 Å². The third-order valence-corrected chi connectivity index (χ3v) is 4.52. The molecule has 3 aromatic rings. The smallest absolute Gasteiger partial charge is 0.416 e. The van der Waals surface area contributed by atoms with E-state index in [0.717, 1.165) is 18.2 Å². The monoisotopic (exact) mass is 481 g/mol. The van der Waals surface area contributed by atoms with E-state index in [2.05, 4.69) is 26.5 Å². The normalized spacial score (nSPS) is 11.6. The molecule has 0 aliphatic rings. The number of carbonyl (C=O) groups excluding carboxylic acids is 1. The molecule has 1 heterocycles. The van der Waals surface area contributed by atoms with Crippen molar-refractivity contribution in [1.29, 1.82) is 0 Å². The summed E-state index contributed by atoms with van der Waals surface area (Å²) in [4.78, 5) is 22.3. The fraction of sp³-hybridized carbons (Fsp3) is 0.0526. The summed E-state index contributed by atoms with van der Waals surface area (Å²) in [5.74, 6) is -0.177. The number of amides is 1. The maximum absolute atomic E-state index is 12.7. The van der Waals surface area contributed by atoms with Gasteiger partial charge in [0.15, 0.2) is 0 Å². The molecular formula is C19H11BrF3N3O4. The van der Waals surface area contributed by atoms with E-state index in [1.807, 2.05) is 0 Å². The van der Waals surface area contributed by atoms with Crippen molar-refractivity contribution in [1.82, 2.24) is 5.43 Å². The summed E-state index contributed by atoms with van der Waals surface area (Å²) in [6.07, 6.45) is -3.38. The van der Waals surface area contributed by atoms with Gasteiger partial charge >= 0.3 is 6.18 Å². The van der Waals surface area contributed by atoms with Crippen molar-refractivity contribution >= 4 is 33.7 Å². The van der Waals surface area contributed by atoms with Crippen LogP contribution in [-0.4, -0.2) is 17.0 Å². The van der Waals surface area contributed by atoms with E-state index in [9.17, 15) is 28.1 Å². The highest BCUT2D eigenvalue weighted by Crippen LogP contribution is 2.32. The van der Waals surface area contributed by atoms with Gasteiger partial charge in [0.2, 0.25) is 0 Å². The van der Waals surface area contributed by atoms with Gasteiger partial charge in [-0.05, 0) is 52.3 Å². The summed E-state index contributed by atoms with van der Waals surface area (Å²) < 4.78 is 44.2. The van der Waals surface area contributed by atoms with Crippen LogP contribution in [0.3, 0.4) is 0 Å². The first-order valence-electron chi connectivity index (χ1n) is 8.20. The number of benzene rings is 2. The number of hydrogen-bond acceptors (Lipinski definition) is 5. The number of furan rings is 1. The Morgan fingerprint density at radius 2 is 1.93 bits per heavy atom. The summed E-state index contributed by atoms with van der Waals surface area (Å²) in [6.45, 7) is 0. The minimum Gasteiger partial charge on any atom is -0.455 e. The van der Waals surface area contributed by atoms with Crippen LogP contribution in [0.15, 0.2) is 68.6 Å². The summed E-state index contributed by atoms with van der Waals surface area (Å²) >= 11 is 3.24. The van der Waals surface area contributed by atoms with Crippen molar-refractivity contribution in [3.63, 3.8) is 0 Å². The number of rotatable bonds is 5. The standard InChI is InChI=1S/C19H11BrF3N3O4/c20-16-9-13(26(28)29)4-6-15(16)17-7-5-14(30-17)10-24-25-18(27)11-2-1-3-12(8-11)19(21,22)23/h1-10H,(H,25,27)/b24-10+. The topological polar surface area (TPSA) is 97.7 Å². The Balaban J connectivity index is 1.69. The molecule has 2 aromatic carbocycles. The number of carbonyl (C=O) groups is 1. The fourth-order valence-electron chi connectivity index (χ4n) is 2.44. The van der Waals surface area contributed by atoms with Crippen molar-refractivity contribution in [2.24, 2.45) is 5.10 Å². The average Bonchev–Trinajstić information content (AvgIpc) is 3.15. The largest absolute Gasteiger partial charge is 0.455 e. The zero-order valence-electron chi connectivity index (χ0n) is 14.8. The molecule has 0 saturated carbocycles. The molecule has 0 atom stereocenters. The van der Waals surface area contributed by atoms with E-state index in [0.29, 0.717) is 15.8 Å². The summed E-state index contributed by atoms with van der Waals surface area (Å²) in [5, 5.41) is 14.5. The zero-order valence-corrected chi connectivity index (χ0v) is 16.4. The molecule has 1 aromatic heterocycles. The van der Waals surface area contributed by atoms with Gasteiger partial charge in [-0.15, -0.1) is 0 Å². The summed E-state index contributed by atoms with van der Waals surface area (Å²) in [5.41, 5.74) is 1.46. The average molecular weight is 482 g/mol. The molecule has 154 valence electrons. The lowest BCUT2D eigenvalue weighted by molar-refractivity contribution is -0.384. The predicted octanol–water partition coefficient (Wildman–Crippen LogP) is 5.40. The number of hydrazone groups is 1. The van der Waals surface area contributed by atoms with Crippen LogP contribution in [-0.2, 0) is 6.18 Å². The number of alkyl halides is 3. The second-order valence-electron chi connectivity index (χ2n) is 5.90. The highest BCUT2D eigenvalue weighted by atomic mass is 79.9. The van der Waals surface area contributed by atoms with Crippen molar-refractivity contribution in [2.75, 3.05) is 0 Å². The van der Waals surface area contributed by atoms with Gasteiger partial charge in [0.1, 0.15) is 11.5 Å². The molecule has 0 spiro atoms. The number of hydrogen-bond donors (Lipinski definition) is 1. The van der Waals surface area contributed by atoms with Gasteiger partial charge in [0.25, 0.3) is 11.6 Å². The highest BCUT2D eigenvalue weighted by molar-refractivity contribution is 9.10. The molecule has 3 rings (SSSR count). The second-order valence-corrected chi connectivity index (χ2v) is 6.76. The summed E-state index contributed by atoms with van der Waals surface area (Å²) in [7, 11) is 0. The first kappa shape index (κ1) is 21.2. The third-order valence-electron chi connectivity index (χ3n) is 3.87. The van der Waals surface area contributed by atoms with Gasteiger partial charge in [0, 0.05) is 27.7 Å². The van der Waals surface area contributed by atoms with Crippen molar-refractivity contribution in [3.05, 3.63) is 86.1 Å². The Morgan fingerprint density at radius 3 is 2.60 bits per heavy atom. The van der Waals surface area contributed by atoms with Gasteiger partial charge in [-0.2, -0.15) is 18.3 Å². The molecule has 0 bridgehead atoms. The number of nitrogens with zero attached hydrogens (tertiary/aromatic N) is 2. The number of halogens is 4. The minimum atomic E-state index is -4.56. The molecule has 0 saturated heterocycles. The number of nitro groups is 1. The van der Waals surface area contributed by atoms with Crippen LogP contribution in [0.25, 0.3) is 11.3 Å². The van der Waals surface area contributed by atoms with E-state index < -0.39 is 22.6 Å². The molecule has 11 heteroatoms. The lowest BCUT2D eigenvalue weighted by Gasteiger charge is -2.07. The van der Waals surface area contributed by atoms with Crippen molar-refractivity contribution in [2.45, 2.75) is 6.18 Å². The minimum absolute atomic E-state index is 0.0868. The van der Waals surface area contributed by atoms with Crippen LogP contribution in [0.4, 0.5) is 18.9 Å².